The molecule has 1 saturated heterocycles. The van der Waals surface area contributed by atoms with Crippen LogP contribution in [0, 0.1) is 0 Å². The lowest BCUT2D eigenvalue weighted by Crippen LogP contribution is -2.71. The molecule has 16 heteroatoms. The summed E-state index contributed by atoms with van der Waals surface area (Å²) >= 11 is 8.32. The number of hydrogen-bond acceptors (Lipinski definition) is 11. The maximum atomic E-state index is 13.1. The first-order chi connectivity index (χ1) is 16.8. The number of esters is 1. The number of ether oxygens (including phenoxy) is 1. The molecule has 1 unspecified atom stereocenters. The number of nitrogens with one attached hydrogen (secondary N) is 2. The van der Waals surface area contributed by atoms with Gasteiger partial charge in [-0.3, -0.25) is 19.3 Å². The number of rotatable bonds is 9. The molecule has 3 heterocycles. The van der Waals surface area contributed by atoms with Crippen molar-refractivity contribution in [3.63, 3.8) is 0 Å². The fourth-order valence-corrected chi connectivity index (χ4v) is 5.55. The molecule has 13 nitrogen and oxygen atoms in total. The third kappa shape index (κ3) is 5.96. The van der Waals surface area contributed by atoms with Crippen LogP contribution in [0.25, 0.3) is 0 Å². The van der Waals surface area contributed by atoms with Gasteiger partial charge in [0.25, 0.3) is 11.8 Å². The molecule has 194 valence electrons. The van der Waals surface area contributed by atoms with Gasteiger partial charge in [-0.2, -0.15) is 0 Å². The van der Waals surface area contributed by atoms with Gasteiger partial charge < -0.3 is 25.3 Å². The predicted molar refractivity (Wildman–Crippen MR) is 131 cm³/mol. The number of carbonyl (C=O) groups excluding carboxylic acids is 4. The number of aliphatic carboxylic acids is 1. The van der Waals surface area contributed by atoms with Crippen LogP contribution >= 0.6 is 34.7 Å². The van der Waals surface area contributed by atoms with E-state index in [0.29, 0.717) is 17.7 Å². The van der Waals surface area contributed by atoms with Gasteiger partial charge in [0.2, 0.25) is 13.0 Å². The molecular formula is C20H22ClN5O8S2. The molecule has 2 atom stereocenters. The minimum Gasteiger partial charge on any atom is -0.477 e. The summed E-state index contributed by atoms with van der Waals surface area (Å²) in [6.45, 7) is 5.98. The quantitative estimate of drug-likeness (QED) is 0.131. The Bertz CT molecular complexity index is 1180. The third-order valence-corrected chi connectivity index (χ3v) is 7.22. The van der Waals surface area contributed by atoms with Crippen molar-refractivity contribution in [2.75, 3.05) is 17.7 Å². The van der Waals surface area contributed by atoms with Gasteiger partial charge in [-0.25, -0.2) is 14.6 Å². The molecule has 0 bridgehead atoms. The van der Waals surface area contributed by atoms with E-state index >= 15 is 0 Å². The maximum absolute atomic E-state index is 13.1. The number of carbonyl (C=O) groups is 5. The summed E-state index contributed by atoms with van der Waals surface area (Å²) in [5.41, 5.74) is -0.973. The minimum absolute atomic E-state index is 0.0190. The first-order valence-electron chi connectivity index (χ1n) is 10.3. The predicted octanol–water partition coefficient (Wildman–Crippen LogP) is 1.19. The molecule has 2 aliphatic rings. The van der Waals surface area contributed by atoms with Gasteiger partial charge in [0, 0.05) is 5.75 Å². The van der Waals surface area contributed by atoms with E-state index in [9.17, 15) is 29.1 Å². The van der Waals surface area contributed by atoms with Crippen LogP contribution in [0.3, 0.4) is 0 Å². The van der Waals surface area contributed by atoms with Crippen molar-refractivity contribution in [3.05, 3.63) is 21.3 Å². The van der Waals surface area contributed by atoms with Gasteiger partial charge in [-0.1, -0.05) is 28.1 Å². The summed E-state index contributed by atoms with van der Waals surface area (Å²) in [5.74, 6) is -3.14. The molecule has 0 radical (unpaired) electrons. The molecule has 3 N–H and O–H groups in total. The van der Waals surface area contributed by atoms with E-state index in [-0.39, 0.29) is 20.9 Å². The Hall–Kier alpha value is -3.17. The SMILES string of the molecule is CC1=C(C(=O)O)N2C(=O)C(NC(=O)C(=NOCC(=O)OC(C)(C)C)c3nc(NC=O)sc3Cl)[C@@H]2SC1. The Balaban J connectivity index is 1.82. The van der Waals surface area contributed by atoms with Crippen LogP contribution in [0.15, 0.2) is 16.4 Å². The van der Waals surface area contributed by atoms with Crippen molar-refractivity contribution in [2.45, 2.75) is 44.7 Å². The molecule has 3 rings (SSSR count). The van der Waals surface area contributed by atoms with Crippen LogP contribution in [0.5, 0.6) is 0 Å². The first kappa shape index (κ1) is 27.4. The average Bonchev–Trinajstić information content (AvgIpc) is 3.13. The molecular weight excluding hydrogens is 538 g/mol. The zero-order valence-corrected chi connectivity index (χ0v) is 21.9. The molecule has 36 heavy (non-hydrogen) atoms. The number of β-lactam (4-membered cyclic amide) rings is 1. The number of thiazole rings is 1. The third-order valence-electron chi connectivity index (χ3n) is 4.61. The summed E-state index contributed by atoms with van der Waals surface area (Å²) in [5, 5.41) is 17.4. The Morgan fingerprint density at radius 1 is 1.36 bits per heavy atom. The lowest BCUT2D eigenvalue weighted by Gasteiger charge is -2.49. The molecule has 2 aliphatic heterocycles. The molecule has 0 saturated carbocycles. The summed E-state index contributed by atoms with van der Waals surface area (Å²) in [7, 11) is 0. The second kappa shape index (κ2) is 10.8. The van der Waals surface area contributed by atoms with Crippen molar-refractivity contribution in [2.24, 2.45) is 5.16 Å². The summed E-state index contributed by atoms with van der Waals surface area (Å²) in [6.07, 6.45) is 0.367. The smallest absolute Gasteiger partial charge is 0.352 e. The first-order valence-corrected chi connectivity index (χ1v) is 12.6. The number of anilines is 1. The number of oxime groups is 1. The zero-order chi connectivity index (χ0) is 26.8. The zero-order valence-electron chi connectivity index (χ0n) is 19.5. The molecule has 0 aliphatic carbocycles. The minimum atomic E-state index is -1.24. The highest BCUT2D eigenvalue weighted by Gasteiger charge is 2.54. The second-order valence-corrected chi connectivity index (χ2v) is 11.2. The van der Waals surface area contributed by atoms with Crippen LogP contribution in [0.1, 0.15) is 33.4 Å². The summed E-state index contributed by atoms with van der Waals surface area (Å²) < 4.78 is 5.10. The largest absolute Gasteiger partial charge is 0.477 e. The van der Waals surface area contributed by atoms with E-state index in [1.165, 1.54) is 11.8 Å². The van der Waals surface area contributed by atoms with Crippen LogP contribution in [-0.4, -0.2) is 80.2 Å². The Morgan fingerprint density at radius 3 is 2.67 bits per heavy atom. The van der Waals surface area contributed by atoms with Crippen molar-refractivity contribution < 1.29 is 38.7 Å². The van der Waals surface area contributed by atoms with Gasteiger partial charge >= 0.3 is 11.9 Å². The molecule has 0 spiro atoms. The van der Waals surface area contributed by atoms with Crippen molar-refractivity contribution in [1.82, 2.24) is 15.2 Å². The van der Waals surface area contributed by atoms with E-state index in [4.69, 9.17) is 21.2 Å². The Labute approximate surface area is 218 Å². The Kier molecular flexibility index (Phi) is 8.26. The fraction of sp³-hybridized carbons (Fsp3) is 0.450. The highest BCUT2D eigenvalue weighted by molar-refractivity contribution is 8.00. The molecule has 1 aromatic rings. The van der Waals surface area contributed by atoms with E-state index in [2.05, 4.69) is 20.8 Å². The molecule has 0 aromatic carbocycles. The second-order valence-electron chi connectivity index (χ2n) is 8.50. The van der Waals surface area contributed by atoms with Crippen molar-refractivity contribution in [1.29, 1.82) is 0 Å². The van der Waals surface area contributed by atoms with Gasteiger partial charge in [0.15, 0.2) is 10.8 Å². The van der Waals surface area contributed by atoms with Crippen LogP contribution < -0.4 is 10.6 Å². The van der Waals surface area contributed by atoms with Crippen molar-refractivity contribution in [3.8, 4) is 0 Å². The normalized spacial score (nSPS) is 19.8. The average molecular weight is 560 g/mol. The maximum Gasteiger partial charge on any atom is 0.352 e. The van der Waals surface area contributed by atoms with E-state index < -0.39 is 53.1 Å². The number of carboxylic acids is 1. The number of nitrogens with zero attached hydrogens (tertiary/aromatic N) is 3. The van der Waals surface area contributed by atoms with Gasteiger partial charge in [0.1, 0.15) is 32.7 Å². The number of aromatic nitrogens is 1. The number of carboxylic acid groups (broad SMARTS) is 1. The molecule has 3 amide bonds. The highest BCUT2D eigenvalue weighted by atomic mass is 35.5. The standard InChI is InChI=1S/C20H22ClN5O8S2/c1-8-6-35-17-12(16(30)26(17)13(8)18(31)32)23-15(29)11(10-14(21)36-19(24-10)22-7-27)25-33-5-9(28)34-20(2,3)4/h7,12,17H,5-6H2,1-4H3,(H,23,29)(H,31,32)(H,22,24,27)/t12?,17-/m0/s1. The van der Waals surface area contributed by atoms with Crippen LogP contribution in [0.4, 0.5) is 5.13 Å². The number of hydrogen-bond donors (Lipinski definition) is 3. The van der Waals surface area contributed by atoms with Gasteiger partial charge in [-0.05, 0) is 33.3 Å². The van der Waals surface area contributed by atoms with Crippen LogP contribution in [-0.2, 0) is 33.5 Å². The monoisotopic (exact) mass is 559 g/mol. The number of amides is 3. The molecule has 1 aromatic heterocycles. The topological polar surface area (TPSA) is 177 Å². The lowest BCUT2D eigenvalue weighted by atomic mass is 10.0. The van der Waals surface area contributed by atoms with E-state index in [1.54, 1.807) is 27.7 Å². The molecule has 1 fully saturated rings. The van der Waals surface area contributed by atoms with E-state index in [0.717, 1.165) is 16.2 Å². The van der Waals surface area contributed by atoms with Crippen LogP contribution in [0.2, 0.25) is 4.34 Å². The van der Waals surface area contributed by atoms with Gasteiger partial charge in [0.05, 0.1) is 0 Å². The summed E-state index contributed by atoms with van der Waals surface area (Å²) in [4.78, 5) is 70.3. The highest BCUT2D eigenvalue weighted by Crippen LogP contribution is 2.40. The lowest BCUT2D eigenvalue weighted by molar-refractivity contribution is -0.160. The van der Waals surface area contributed by atoms with Crippen molar-refractivity contribution >= 4 is 75.7 Å². The Morgan fingerprint density at radius 2 is 2.06 bits per heavy atom. The fourth-order valence-electron chi connectivity index (χ4n) is 3.26. The number of halogens is 1. The summed E-state index contributed by atoms with van der Waals surface area (Å²) in [6, 6.07) is -1.05. The van der Waals surface area contributed by atoms with Gasteiger partial charge in [-0.15, -0.1) is 11.8 Å². The number of thioether (sulfide) groups is 1. The number of fused-ring (bicyclic) bond motifs is 1. The van der Waals surface area contributed by atoms with E-state index in [1.807, 2.05) is 0 Å².